The number of pyridine rings is 1. The highest BCUT2D eigenvalue weighted by molar-refractivity contribution is 7.13. The lowest BCUT2D eigenvalue weighted by atomic mass is 10.2. The van der Waals surface area contributed by atoms with Crippen molar-refractivity contribution in [1.29, 1.82) is 0 Å². The first-order valence-corrected chi connectivity index (χ1v) is 8.69. The first kappa shape index (κ1) is 16.7. The van der Waals surface area contributed by atoms with E-state index in [2.05, 4.69) is 30.3 Å². The Morgan fingerprint density at radius 1 is 1.38 bits per heavy atom. The number of nitrogens with one attached hydrogen (secondary N) is 1. The second-order valence-corrected chi connectivity index (χ2v) is 6.57. The molecular weight excluding hydrogens is 328 g/mol. The molecule has 1 aliphatic heterocycles. The van der Waals surface area contributed by atoms with Crippen LogP contribution in [0.3, 0.4) is 0 Å². The number of rotatable bonds is 5. The molecule has 1 fully saturated rings. The van der Waals surface area contributed by atoms with Gasteiger partial charge in [0.25, 0.3) is 5.91 Å². The van der Waals surface area contributed by atoms with Gasteiger partial charge in [-0.25, -0.2) is 4.98 Å². The summed E-state index contributed by atoms with van der Waals surface area (Å²) >= 11 is 1.27. The van der Waals surface area contributed by atoms with Gasteiger partial charge in [0.15, 0.2) is 0 Å². The number of hydrogen-bond donors (Lipinski definition) is 2. The summed E-state index contributed by atoms with van der Waals surface area (Å²) in [5.41, 5.74) is 2.05. The van der Waals surface area contributed by atoms with Gasteiger partial charge in [0.1, 0.15) is 11.3 Å². The minimum Gasteiger partial charge on any atom is -0.392 e. The van der Waals surface area contributed by atoms with Gasteiger partial charge < -0.3 is 10.0 Å². The minimum atomic E-state index is -0.305. The predicted molar refractivity (Wildman–Crippen MR) is 92.4 cm³/mol. The molecular formula is C15H20N6O2S. The summed E-state index contributed by atoms with van der Waals surface area (Å²) in [5, 5.41) is 20.1. The van der Waals surface area contributed by atoms with E-state index in [1.165, 1.54) is 11.3 Å². The van der Waals surface area contributed by atoms with Gasteiger partial charge in [0.05, 0.1) is 11.7 Å². The Bertz CT molecular complexity index is 653. The molecule has 128 valence electrons. The zero-order valence-corrected chi connectivity index (χ0v) is 14.2. The van der Waals surface area contributed by atoms with Gasteiger partial charge in [-0.3, -0.25) is 15.0 Å². The number of anilines is 2. The van der Waals surface area contributed by atoms with Gasteiger partial charge in [0.2, 0.25) is 5.13 Å². The van der Waals surface area contributed by atoms with E-state index in [-0.39, 0.29) is 12.0 Å². The van der Waals surface area contributed by atoms with Crippen molar-refractivity contribution in [1.82, 2.24) is 20.1 Å². The van der Waals surface area contributed by atoms with Crippen LogP contribution in [0.15, 0.2) is 23.8 Å². The van der Waals surface area contributed by atoms with Crippen LogP contribution in [-0.4, -0.2) is 69.9 Å². The van der Waals surface area contributed by atoms with Crippen molar-refractivity contribution in [2.45, 2.75) is 13.0 Å². The lowest BCUT2D eigenvalue weighted by Crippen LogP contribution is -2.48. The molecule has 0 aliphatic carbocycles. The topological polar surface area (TPSA) is 94.5 Å². The molecule has 0 saturated carbocycles. The summed E-state index contributed by atoms with van der Waals surface area (Å²) in [6.45, 7) is 6.01. The molecule has 2 N–H and O–H groups in total. The quantitative estimate of drug-likeness (QED) is 0.821. The SMILES string of the molecule is C[C@@H](O)CN1CCN(c2ccc(C(=O)Nc3nncs3)cn2)CC1. The normalized spacial score (nSPS) is 16.8. The number of nitrogens with zero attached hydrogens (tertiary/aromatic N) is 5. The monoisotopic (exact) mass is 348 g/mol. The summed E-state index contributed by atoms with van der Waals surface area (Å²) in [5.74, 6) is 0.617. The lowest BCUT2D eigenvalue weighted by Gasteiger charge is -2.35. The minimum absolute atomic E-state index is 0.243. The van der Waals surface area contributed by atoms with Crippen LogP contribution in [0, 0.1) is 0 Å². The van der Waals surface area contributed by atoms with Crippen LogP contribution in [0.25, 0.3) is 0 Å². The molecule has 1 amide bonds. The molecule has 8 nitrogen and oxygen atoms in total. The second-order valence-electron chi connectivity index (χ2n) is 5.74. The molecule has 3 rings (SSSR count). The van der Waals surface area contributed by atoms with E-state index in [9.17, 15) is 9.90 Å². The number of aliphatic hydroxyl groups excluding tert-OH is 1. The van der Waals surface area contributed by atoms with Crippen LogP contribution in [0.2, 0.25) is 0 Å². The van der Waals surface area contributed by atoms with Crippen molar-refractivity contribution < 1.29 is 9.90 Å². The Hall–Kier alpha value is -2.10. The van der Waals surface area contributed by atoms with E-state index in [1.54, 1.807) is 24.7 Å². The number of β-amino-alcohol motifs (C(OH)–C–C–N with tert-alkyl or cyclic N) is 1. The van der Waals surface area contributed by atoms with Gasteiger partial charge in [-0.05, 0) is 19.1 Å². The van der Waals surface area contributed by atoms with Gasteiger partial charge in [0, 0.05) is 38.9 Å². The van der Waals surface area contributed by atoms with Crippen LogP contribution >= 0.6 is 11.3 Å². The van der Waals surface area contributed by atoms with Crippen LogP contribution in [-0.2, 0) is 0 Å². The Labute approximate surface area is 144 Å². The maximum Gasteiger partial charge on any atom is 0.259 e. The van der Waals surface area contributed by atoms with Crippen molar-refractivity contribution >= 4 is 28.2 Å². The number of piperazine rings is 1. The standard InChI is InChI=1S/C15H20N6O2S/c1-11(22)9-20-4-6-21(7-5-20)13-3-2-12(8-16-13)14(23)18-15-19-17-10-24-15/h2-3,8,10-11,22H,4-7,9H2,1H3,(H,18,19,23)/t11-/m1/s1. The smallest absolute Gasteiger partial charge is 0.259 e. The molecule has 1 atom stereocenters. The summed E-state index contributed by atoms with van der Waals surface area (Å²) in [7, 11) is 0. The number of carbonyl (C=O) groups is 1. The van der Waals surface area contributed by atoms with Crippen LogP contribution in [0.5, 0.6) is 0 Å². The molecule has 0 radical (unpaired) electrons. The van der Waals surface area contributed by atoms with Gasteiger partial charge in [-0.15, -0.1) is 10.2 Å². The third-order valence-electron chi connectivity index (χ3n) is 3.81. The van der Waals surface area contributed by atoms with Crippen LogP contribution in [0.1, 0.15) is 17.3 Å². The Morgan fingerprint density at radius 2 is 2.17 bits per heavy atom. The number of amides is 1. The Balaban J connectivity index is 1.56. The van der Waals surface area contributed by atoms with E-state index in [1.807, 2.05) is 6.07 Å². The molecule has 1 aliphatic rings. The zero-order chi connectivity index (χ0) is 16.9. The van der Waals surface area contributed by atoms with Gasteiger partial charge in [-0.2, -0.15) is 0 Å². The average molecular weight is 348 g/mol. The molecule has 2 aromatic heterocycles. The zero-order valence-electron chi connectivity index (χ0n) is 13.4. The molecule has 0 unspecified atom stereocenters. The van der Waals surface area contributed by atoms with Crippen molar-refractivity contribution in [3.8, 4) is 0 Å². The maximum atomic E-state index is 12.1. The van der Waals surface area contributed by atoms with Crippen LogP contribution < -0.4 is 10.2 Å². The van der Waals surface area contributed by atoms with E-state index < -0.39 is 0 Å². The first-order chi connectivity index (χ1) is 11.6. The second kappa shape index (κ2) is 7.65. The highest BCUT2D eigenvalue weighted by Gasteiger charge is 2.19. The first-order valence-electron chi connectivity index (χ1n) is 7.81. The van der Waals surface area contributed by atoms with Crippen molar-refractivity contribution in [2.24, 2.45) is 0 Å². The molecule has 0 spiro atoms. The van der Waals surface area contributed by atoms with Crippen LogP contribution in [0.4, 0.5) is 10.9 Å². The molecule has 2 aromatic rings. The van der Waals surface area contributed by atoms with Gasteiger partial charge in [-0.1, -0.05) is 11.3 Å². The number of aliphatic hydroxyl groups is 1. The fraction of sp³-hybridized carbons (Fsp3) is 0.467. The highest BCUT2D eigenvalue weighted by atomic mass is 32.1. The van der Waals surface area contributed by atoms with Gasteiger partial charge >= 0.3 is 0 Å². The van der Waals surface area contributed by atoms with Crippen molar-refractivity contribution in [3.63, 3.8) is 0 Å². The summed E-state index contributed by atoms with van der Waals surface area (Å²) < 4.78 is 0. The average Bonchev–Trinajstić information content (AvgIpc) is 3.08. The summed E-state index contributed by atoms with van der Waals surface area (Å²) in [6, 6.07) is 3.63. The molecule has 3 heterocycles. The lowest BCUT2D eigenvalue weighted by molar-refractivity contribution is 0.102. The fourth-order valence-electron chi connectivity index (χ4n) is 2.64. The number of carbonyl (C=O) groups excluding carboxylic acids is 1. The Morgan fingerprint density at radius 3 is 2.75 bits per heavy atom. The molecule has 24 heavy (non-hydrogen) atoms. The maximum absolute atomic E-state index is 12.1. The van der Waals surface area contributed by atoms with E-state index >= 15 is 0 Å². The Kier molecular flexibility index (Phi) is 5.34. The third kappa shape index (κ3) is 4.25. The molecule has 1 saturated heterocycles. The summed E-state index contributed by atoms with van der Waals surface area (Å²) in [6.07, 6.45) is 1.27. The highest BCUT2D eigenvalue weighted by Crippen LogP contribution is 2.16. The van der Waals surface area contributed by atoms with E-state index in [4.69, 9.17) is 0 Å². The van der Waals surface area contributed by atoms with Crippen molar-refractivity contribution in [2.75, 3.05) is 42.9 Å². The van der Waals surface area contributed by atoms with E-state index in [0.717, 1.165) is 32.0 Å². The molecule has 0 bridgehead atoms. The summed E-state index contributed by atoms with van der Waals surface area (Å²) in [4.78, 5) is 20.9. The largest absolute Gasteiger partial charge is 0.392 e. The number of aromatic nitrogens is 3. The predicted octanol–water partition coefficient (Wildman–Crippen LogP) is 0.688. The number of hydrogen-bond acceptors (Lipinski definition) is 8. The molecule has 9 heteroatoms. The van der Waals surface area contributed by atoms with E-state index in [0.29, 0.717) is 17.2 Å². The van der Waals surface area contributed by atoms with Crippen molar-refractivity contribution in [3.05, 3.63) is 29.4 Å². The fourth-order valence-corrected chi connectivity index (χ4v) is 3.08. The molecule has 0 aromatic carbocycles. The third-order valence-corrected chi connectivity index (χ3v) is 4.42.